The summed E-state index contributed by atoms with van der Waals surface area (Å²) in [7, 11) is 0. The van der Waals surface area contributed by atoms with E-state index >= 15 is 0 Å². The predicted molar refractivity (Wildman–Crippen MR) is 148 cm³/mol. The molecular weight excluding hydrogens is 532 g/mol. The fourth-order valence-corrected chi connectivity index (χ4v) is 5.16. The Morgan fingerprint density at radius 2 is 2.00 bits per heavy atom. The molecule has 0 atom stereocenters. The number of hydrogen-bond donors (Lipinski definition) is 1. The van der Waals surface area contributed by atoms with Crippen molar-refractivity contribution < 1.29 is 23.8 Å². The topological polar surface area (TPSA) is 77.1 Å². The standard InChI is InChI=1S/C27H21ClN2O5S2/c1-16-5-7-19(12-21(16)28)29-25(31)14-33-20-4-2-3-17(9-20)11-24-26(32)30(27(36)37-24)13-18-6-8-22-23(10-18)35-15-34-22/h2-12H,13-15H2,1H3,(H,29,31)/b24-11-. The first kappa shape index (κ1) is 25.1. The van der Waals surface area contributed by atoms with Crippen molar-refractivity contribution in [2.45, 2.75) is 13.5 Å². The molecule has 2 aliphatic heterocycles. The predicted octanol–water partition coefficient (Wildman–Crippen LogP) is 5.80. The van der Waals surface area contributed by atoms with Gasteiger partial charge in [-0.1, -0.05) is 59.8 Å². The third-order valence-corrected chi connectivity index (χ3v) is 7.42. The van der Waals surface area contributed by atoms with Crippen LogP contribution < -0.4 is 19.5 Å². The van der Waals surface area contributed by atoms with Gasteiger partial charge in [-0.25, -0.2) is 0 Å². The van der Waals surface area contributed by atoms with E-state index in [1.807, 2.05) is 37.3 Å². The minimum absolute atomic E-state index is 0.171. The summed E-state index contributed by atoms with van der Waals surface area (Å²) in [6.07, 6.45) is 1.76. The number of nitrogens with one attached hydrogen (secondary N) is 1. The Hall–Kier alpha value is -3.53. The van der Waals surface area contributed by atoms with Gasteiger partial charge in [-0.05, 0) is 66.1 Å². The van der Waals surface area contributed by atoms with Gasteiger partial charge < -0.3 is 19.5 Å². The monoisotopic (exact) mass is 552 g/mol. The number of rotatable bonds is 7. The van der Waals surface area contributed by atoms with Gasteiger partial charge in [0, 0.05) is 10.7 Å². The normalized spacial score (nSPS) is 15.4. The van der Waals surface area contributed by atoms with E-state index < -0.39 is 0 Å². The lowest BCUT2D eigenvalue weighted by molar-refractivity contribution is -0.122. The number of nitrogens with zero attached hydrogens (tertiary/aromatic N) is 1. The Bertz CT molecular complexity index is 1440. The van der Waals surface area contributed by atoms with E-state index in [1.54, 1.807) is 41.3 Å². The number of fused-ring (bicyclic) bond motifs is 1. The molecule has 1 fully saturated rings. The molecule has 3 aromatic carbocycles. The number of carbonyl (C=O) groups is 2. The molecule has 0 aromatic heterocycles. The first-order valence-electron chi connectivity index (χ1n) is 11.3. The van der Waals surface area contributed by atoms with Crippen molar-refractivity contribution in [2.75, 3.05) is 18.7 Å². The highest BCUT2D eigenvalue weighted by atomic mass is 35.5. The van der Waals surface area contributed by atoms with Gasteiger partial charge in [-0.15, -0.1) is 0 Å². The number of hydrogen-bond acceptors (Lipinski definition) is 7. The van der Waals surface area contributed by atoms with Gasteiger partial charge in [-0.3, -0.25) is 14.5 Å². The summed E-state index contributed by atoms with van der Waals surface area (Å²) in [5, 5.41) is 3.34. The number of benzene rings is 3. The van der Waals surface area contributed by atoms with Gasteiger partial charge in [0.15, 0.2) is 18.1 Å². The fourth-order valence-electron chi connectivity index (χ4n) is 3.72. The van der Waals surface area contributed by atoms with Crippen molar-refractivity contribution in [1.29, 1.82) is 0 Å². The van der Waals surface area contributed by atoms with Crippen molar-refractivity contribution in [3.05, 3.63) is 87.3 Å². The van der Waals surface area contributed by atoms with Crippen molar-refractivity contribution in [1.82, 2.24) is 4.90 Å². The number of thioether (sulfide) groups is 1. The van der Waals surface area contributed by atoms with Gasteiger partial charge in [0.2, 0.25) is 6.79 Å². The molecule has 37 heavy (non-hydrogen) atoms. The van der Waals surface area contributed by atoms with Crippen LogP contribution in [0, 0.1) is 6.92 Å². The molecule has 2 aliphatic rings. The molecule has 3 aromatic rings. The molecule has 5 rings (SSSR count). The Kier molecular flexibility index (Phi) is 7.36. The molecule has 0 radical (unpaired) electrons. The average Bonchev–Trinajstić information content (AvgIpc) is 3.45. The summed E-state index contributed by atoms with van der Waals surface area (Å²) in [4.78, 5) is 27.4. The molecule has 0 spiro atoms. The van der Waals surface area contributed by atoms with Gasteiger partial charge in [0.25, 0.3) is 11.8 Å². The summed E-state index contributed by atoms with van der Waals surface area (Å²) in [5.41, 5.74) is 3.17. The Labute approximate surface area is 228 Å². The maximum Gasteiger partial charge on any atom is 0.266 e. The van der Waals surface area contributed by atoms with E-state index in [1.165, 1.54) is 11.8 Å². The number of halogens is 1. The molecule has 0 aliphatic carbocycles. The highest BCUT2D eigenvalue weighted by Crippen LogP contribution is 2.36. The second kappa shape index (κ2) is 10.8. The van der Waals surface area contributed by atoms with Crippen molar-refractivity contribution >= 4 is 63.5 Å². The summed E-state index contributed by atoms with van der Waals surface area (Å²) >= 11 is 12.8. The maximum atomic E-state index is 13.1. The molecular formula is C27H21ClN2O5S2. The van der Waals surface area contributed by atoms with Crippen molar-refractivity contribution in [3.8, 4) is 17.2 Å². The zero-order valence-corrected chi connectivity index (χ0v) is 22.0. The lowest BCUT2D eigenvalue weighted by atomic mass is 10.1. The summed E-state index contributed by atoms with van der Waals surface area (Å²) < 4.78 is 16.9. The van der Waals surface area contributed by atoms with Crippen LogP contribution in [-0.4, -0.2) is 34.4 Å². The number of carbonyl (C=O) groups excluding carboxylic acids is 2. The van der Waals surface area contributed by atoms with Gasteiger partial charge in [-0.2, -0.15) is 0 Å². The molecule has 0 saturated carbocycles. The number of ether oxygens (including phenoxy) is 3. The van der Waals surface area contributed by atoms with Gasteiger partial charge >= 0.3 is 0 Å². The quantitative estimate of drug-likeness (QED) is 0.293. The summed E-state index contributed by atoms with van der Waals surface area (Å²) in [6, 6.07) is 18.0. The Morgan fingerprint density at radius 3 is 2.84 bits per heavy atom. The van der Waals surface area contributed by atoms with Gasteiger partial charge in [0.1, 0.15) is 10.1 Å². The molecule has 1 N–H and O–H groups in total. The number of anilines is 1. The van der Waals surface area contributed by atoms with E-state index in [4.69, 9.17) is 38.0 Å². The molecule has 0 bridgehead atoms. The van der Waals surface area contributed by atoms with Crippen LogP contribution in [0.25, 0.3) is 6.08 Å². The molecule has 2 amide bonds. The first-order valence-corrected chi connectivity index (χ1v) is 12.9. The van der Waals surface area contributed by atoms with Crippen LogP contribution in [0.4, 0.5) is 5.69 Å². The van der Waals surface area contributed by atoms with E-state index in [2.05, 4.69) is 5.32 Å². The van der Waals surface area contributed by atoms with Crippen molar-refractivity contribution in [3.63, 3.8) is 0 Å². The highest BCUT2D eigenvalue weighted by Gasteiger charge is 2.32. The smallest absolute Gasteiger partial charge is 0.266 e. The van der Waals surface area contributed by atoms with Crippen LogP contribution in [0.2, 0.25) is 5.02 Å². The molecule has 2 heterocycles. The van der Waals surface area contributed by atoms with Crippen LogP contribution in [-0.2, 0) is 16.1 Å². The second-order valence-corrected chi connectivity index (χ2v) is 10.4. The third-order valence-electron chi connectivity index (χ3n) is 5.63. The number of thiocarbonyl (C=S) groups is 1. The van der Waals surface area contributed by atoms with E-state index in [9.17, 15) is 9.59 Å². The molecule has 1 saturated heterocycles. The van der Waals surface area contributed by atoms with Crippen LogP contribution >= 0.6 is 35.6 Å². The second-order valence-electron chi connectivity index (χ2n) is 8.33. The molecule has 0 unspecified atom stereocenters. The largest absolute Gasteiger partial charge is 0.484 e. The lowest BCUT2D eigenvalue weighted by Gasteiger charge is -2.14. The Morgan fingerprint density at radius 1 is 1.16 bits per heavy atom. The zero-order valence-electron chi connectivity index (χ0n) is 19.7. The van der Waals surface area contributed by atoms with E-state index in [0.29, 0.717) is 43.7 Å². The average molecular weight is 553 g/mol. The van der Waals surface area contributed by atoms with Crippen LogP contribution in [0.1, 0.15) is 16.7 Å². The molecule has 10 heteroatoms. The first-order chi connectivity index (χ1) is 17.9. The zero-order chi connectivity index (χ0) is 25.9. The fraction of sp³-hybridized carbons (Fsp3) is 0.148. The number of amides is 2. The van der Waals surface area contributed by atoms with E-state index in [-0.39, 0.29) is 25.2 Å². The maximum absolute atomic E-state index is 13.1. The summed E-state index contributed by atoms with van der Waals surface area (Å²) in [6.45, 7) is 2.24. The molecule has 7 nitrogen and oxygen atoms in total. The minimum atomic E-state index is -0.310. The third kappa shape index (κ3) is 5.90. The van der Waals surface area contributed by atoms with Crippen LogP contribution in [0.15, 0.2) is 65.6 Å². The SMILES string of the molecule is Cc1ccc(NC(=O)COc2cccc(/C=C3\SC(=S)N(Cc4ccc5c(c4)OCO5)C3=O)c2)cc1Cl. The minimum Gasteiger partial charge on any atom is -0.484 e. The van der Waals surface area contributed by atoms with Crippen LogP contribution in [0.3, 0.4) is 0 Å². The Balaban J connectivity index is 1.21. The van der Waals surface area contributed by atoms with Crippen LogP contribution in [0.5, 0.6) is 17.2 Å². The highest BCUT2D eigenvalue weighted by molar-refractivity contribution is 8.26. The lowest BCUT2D eigenvalue weighted by Crippen LogP contribution is -2.27. The van der Waals surface area contributed by atoms with Gasteiger partial charge in [0.05, 0.1) is 11.4 Å². The van der Waals surface area contributed by atoms with E-state index in [0.717, 1.165) is 16.7 Å². The number of aryl methyl sites for hydroxylation is 1. The van der Waals surface area contributed by atoms with Crippen molar-refractivity contribution in [2.24, 2.45) is 0 Å². The summed E-state index contributed by atoms with van der Waals surface area (Å²) in [5.74, 6) is 1.37. The molecule has 188 valence electrons.